The van der Waals surface area contributed by atoms with Crippen molar-refractivity contribution in [2.24, 2.45) is 7.05 Å². The minimum Gasteiger partial charge on any atom is -0.331 e. The lowest BCUT2D eigenvalue weighted by atomic mass is 10.2. The van der Waals surface area contributed by atoms with E-state index in [1.54, 1.807) is 0 Å². The van der Waals surface area contributed by atoms with E-state index in [4.69, 9.17) is 4.98 Å². The van der Waals surface area contributed by atoms with Crippen LogP contribution in [0.4, 0.5) is 0 Å². The summed E-state index contributed by atoms with van der Waals surface area (Å²) in [6.07, 6.45) is 1.80. The van der Waals surface area contributed by atoms with Gasteiger partial charge in [-0.05, 0) is 44.4 Å². The molecule has 27 heavy (non-hydrogen) atoms. The first-order valence-corrected chi connectivity index (χ1v) is 9.22. The molecule has 0 spiro atoms. The molecule has 1 aromatic carbocycles. The fraction of sp³-hybridized carbons (Fsp3) is 0.400. The van der Waals surface area contributed by atoms with Gasteiger partial charge in [-0.15, -0.1) is 0 Å². The lowest BCUT2D eigenvalue weighted by Gasteiger charge is -2.24. The van der Waals surface area contributed by atoms with Gasteiger partial charge in [-0.3, -0.25) is 9.59 Å². The van der Waals surface area contributed by atoms with E-state index in [9.17, 15) is 9.59 Å². The zero-order chi connectivity index (χ0) is 19.1. The fourth-order valence-corrected chi connectivity index (χ4v) is 3.80. The highest BCUT2D eigenvalue weighted by atomic mass is 16.2. The summed E-state index contributed by atoms with van der Waals surface area (Å²) < 4.78 is 3.32. The Morgan fingerprint density at radius 3 is 2.81 bits per heavy atom. The normalized spacial score (nSPS) is 17.0. The number of aromatic nitrogens is 4. The van der Waals surface area contributed by atoms with Crippen molar-refractivity contribution in [1.29, 1.82) is 0 Å². The smallest absolute Gasteiger partial charge is 0.267 e. The average molecular weight is 365 g/mol. The molecule has 1 saturated heterocycles. The summed E-state index contributed by atoms with van der Waals surface area (Å²) in [5, 5.41) is 4.27. The van der Waals surface area contributed by atoms with Gasteiger partial charge < -0.3 is 9.47 Å². The molecule has 7 heteroatoms. The van der Waals surface area contributed by atoms with Crippen molar-refractivity contribution in [3.63, 3.8) is 0 Å². The Balaban J connectivity index is 1.63. The van der Waals surface area contributed by atoms with Gasteiger partial charge in [-0.25, -0.2) is 9.67 Å². The molecule has 0 N–H and O–H groups in total. The number of hydrogen-bond donors (Lipinski definition) is 0. The van der Waals surface area contributed by atoms with Crippen LogP contribution in [0.15, 0.2) is 35.1 Å². The van der Waals surface area contributed by atoms with E-state index in [2.05, 4.69) is 9.67 Å². The molecule has 140 valence electrons. The van der Waals surface area contributed by atoms with Crippen molar-refractivity contribution in [1.82, 2.24) is 24.2 Å². The third-order valence-electron chi connectivity index (χ3n) is 5.41. The summed E-state index contributed by atoms with van der Waals surface area (Å²) >= 11 is 0. The maximum absolute atomic E-state index is 13.0. The van der Waals surface area contributed by atoms with Crippen LogP contribution in [0.25, 0.3) is 11.0 Å². The molecule has 3 aromatic rings. The summed E-state index contributed by atoms with van der Waals surface area (Å²) in [4.78, 5) is 31.7. The van der Waals surface area contributed by atoms with Crippen molar-refractivity contribution in [3.8, 4) is 0 Å². The van der Waals surface area contributed by atoms with Crippen molar-refractivity contribution in [2.45, 2.75) is 39.3 Å². The standard InChI is InChI=1S/C20H23N5O2/c1-13-11-18(26)25(22-14(13)2)12-19(27)24-10-6-9-17(24)20-21-15-7-4-5-8-16(15)23(20)3/h4-5,7-8,11,17H,6,9-10,12H2,1-3H3. The Hall–Kier alpha value is -2.96. The van der Waals surface area contributed by atoms with Gasteiger partial charge >= 0.3 is 0 Å². The second-order valence-electron chi connectivity index (χ2n) is 7.17. The molecular weight excluding hydrogens is 342 g/mol. The number of nitrogens with zero attached hydrogens (tertiary/aromatic N) is 5. The van der Waals surface area contributed by atoms with Gasteiger partial charge in [0.05, 0.1) is 22.8 Å². The molecular formula is C20H23N5O2. The van der Waals surface area contributed by atoms with Gasteiger partial charge in [-0.1, -0.05) is 12.1 Å². The Labute approximate surface area is 157 Å². The van der Waals surface area contributed by atoms with E-state index in [1.165, 1.54) is 10.7 Å². The molecule has 0 bridgehead atoms. The van der Waals surface area contributed by atoms with Crippen molar-refractivity contribution in [2.75, 3.05) is 6.54 Å². The fourth-order valence-electron chi connectivity index (χ4n) is 3.80. The zero-order valence-electron chi connectivity index (χ0n) is 15.8. The summed E-state index contributed by atoms with van der Waals surface area (Å²) in [6, 6.07) is 9.43. The van der Waals surface area contributed by atoms with Gasteiger partial charge in [0.1, 0.15) is 12.4 Å². The van der Waals surface area contributed by atoms with Crippen LogP contribution in [-0.2, 0) is 18.4 Å². The topological polar surface area (TPSA) is 73.0 Å². The van der Waals surface area contributed by atoms with Crippen LogP contribution in [0, 0.1) is 13.8 Å². The Bertz CT molecular complexity index is 1080. The molecule has 7 nitrogen and oxygen atoms in total. The Morgan fingerprint density at radius 2 is 2.04 bits per heavy atom. The molecule has 1 atom stereocenters. The highest BCUT2D eigenvalue weighted by molar-refractivity contribution is 5.78. The SMILES string of the molecule is Cc1cc(=O)n(CC(=O)N2CCCC2c2nc3ccccc3n2C)nc1C. The summed E-state index contributed by atoms with van der Waals surface area (Å²) in [7, 11) is 1.99. The van der Waals surface area contributed by atoms with E-state index < -0.39 is 0 Å². The van der Waals surface area contributed by atoms with Crippen LogP contribution in [-0.4, -0.2) is 36.7 Å². The van der Waals surface area contributed by atoms with E-state index in [0.29, 0.717) is 6.54 Å². The average Bonchev–Trinajstić information content (AvgIpc) is 3.25. The van der Waals surface area contributed by atoms with Crippen molar-refractivity contribution in [3.05, 3.63) is 57.8 Å². The van der Waals surface area contributed by atoms with Crippen molar-refractivity contribution >= 4 is 16.9 Å². The third kappa shape index (κ3) is 3.03. The number of rotatable bonds is 3. The second-order valence-corrected chi connectivity index (χ2v) is 7.17. The number of carbonyl (C=O) groups excluding carboxylic acids is 1. The maximum atomic E-state index is 13.0. The van der Waals surface area contributed by atoms with Crippen LogP contribution in [0.1, 0.15) is 36.0 Å². The number of hydrogen-bond acceptors (Lipinski definition) is 4. The first-order valence-electron chi connectivity index (χ1n) is 9.22. The van der Waals surface area contributed by atoms with Crippen LogP contribution < -0.4 is 5.56 Å². The molecule has 0 aliphatic carbocycles. The summed E-state index contributed by atoms with van der Waals surface area (Å²) in [6.45, 7) is 4.32. The molecule has 1 amide bonds. The van der Waals surface area contributed by atoms with Gasteiger partial charge in [0.25, 0.3) is 5.56 Å². The molecule has 1 aliphatic rings. The largest absolute Gasteiger partial charge is 0.331 e. The summed E-state index contributed by atoms with van der Waals surface area (Å²) in [5.41, 5.74) is 3.34. The van der Waals surface area contributed by atoms with E-state index in [1.807, 2.05) is 50.1 Å². The van der Waals surface area contributed by atoms with Crippen molar-refractivity contribution < 1.29 is 4.79 Å². The number of fused-ring (bicyclic) bond motifs is 1. The van der Waals surface area contributed by atoms with Gasteiger partial charge in [0, 0.05) is 19.7 Å². The molecule has 1 aliphatic heterocycles. The van der Waals surface area contributed by atoms with E-state index in [-0.39, 0.29) is 24.1 Å². The molecule has 1 unspecified atom stereocenters. The first kappa shape index (κ1) is 17.5. The lowest BCUT2D eigenvalue weighted by molar-refractivity contribution is -0.133. The monoisotopic (exact) mass is 365 g/mol. The predicted molar refractivity (Wildman–Crippen MR) is 102 cm³/mol. The number of amides is 1. The van der Waals surface area contributed by atoms with Gasteiger partial charge in [0.2, 0.25) is 5.91 Å². The molecule has 0 saturated carbocycles. The lowest BCUT2D eigenvalue weighted by Crippen LogP contribution is -2.37. The van der Waals surface area contributed by atoms with E-state index >= 15 is 0 Å². The van der Waals surface area contributed by atoms with Crippen LogP contribution in [0.2, 0.25) is 0 Å². The zero-order valence-corrected chi connectivity index (χ0v) is 15.8. The molecule has 1 fully saturated rings. The Kier molecular flexibility index (Phi) is 4.30. The van der Waals surface area contributed by atoms with Gasteiger partial charge in [-0.2, -0.15) is 5.10 Å². The maximum Gasteiger partial charge on any atom is 0.267 e. The number of para-hydroxylation sites is 2. The summed E-state index contributed by atoms with van der Waals surface area (Å²) in [5.74, 6) is 0.796. The molecule has 2 aromatic heterocycles. The predicted octanol–water partition coefficient (Wildman–Crippen LogP) is 2.11. The quantitative estimate of drug-likeness (QED) is 0.713. The number of carbonyl (C=O) groups is 1. The number of likely N-dealkylation sites (tertiary alicyclic amines) is 1. The minimum absolute atomic E-state index is 0.0413. The van der Waals surface area contributed by atoms with Crippen LogP contribution in [0.3, 0.4) is 0 Å². The second kappa shape index (κ2) is 6.64. The minimum atomic E-state index is -0.245. The van der Waals surface area contributed by atoms with Crippen LogP contribution >= 0.6 is 0 Å². The molecule has 4 rings (SSSR count). The van der Waals surface area contributed by atoms with Gasteiger partial charge in [0.15, 0.2) is 0 Å². The highest BCUT2D eigenvalue weighted by Crippen LogP contribution is 2.33. The Morgan fingerprint density at radius 1 is 1.26 bits per heavy atom. The van der Waals surface area contributed by atoms with E-state index in [0.717, 1.165) is 41.0 Å². The number of imidazole rings is 1. The number of benzene rings is 1. The highest BCUT2D eigenvalue weighted by Gasteiger charge is 2.33. The number of aryl methyl sites for hydroxylation is 3. The van der Waals surface area contributed by atoms with Crippen LogP contribution in [0.5, 0.6) is 0 Å². The third-order valence-corrected chi connectivity index (χ3v) is 5.41. The first-order chi connectivity index (χ1) is 13.0. The molecule has 3 heterocycles. The molecule has 0 radical (unpaired) electrons.